The summed E-state index contributed by atoms with van der Waals surface area (Å²) in [5.41, 5.74) is -0.283. The van der Waals surface area contributed by atoms with Gasteiger partial charge in [-0.15, -0.1) is 0 Å². The summed E-state index contributed by atoms with van der Waals surface area (Å²) in [5, 5.41) is 9.18. The van der Waals surface area contributed by atoms with Crippen LogP contribution in [0.25, 0.3) is 0 Å². The predicted molar refractivity (Wildman–Crippen MR) is 73.6 cm³/mol. The molecule has 1 saturated carbocycles. The molecule has 108 valence electrons. The summed E-state index contributed by atoms with van der Waals surface area (Å²) in [4.78, 5) is 23.6. The van der Waals surface area contributed by atoms with Gasteiger partial charge in [0, 0.05) is 25.6 Å². The van der Waals surface area contributed by atoms with Crippen molar-refractivity contribution in [2.24, 2.45) is 5.41 Å². The van der Waals surface area contributed by atoms with Crippen LogP contribution in [0.1, 0.15) is 45.4 Å². The van der Waals surface area contributed by atoms with Gasteiger partial charge in [0.15, 0.2) is 0 Å². The van der Waals surface area contributed by atoms with Crippen LogP contribution in [0, 0.1) is 5.41 Å². The van der Waals surface area contributed by atoms with E-state index in [-0.39, 0.29) is 17.2 Å². The maximum absolute atomic E-state index is 12.1. The molecule has 2 aliphatic rings. The smallest absolute Gasteiger partial charge is 0.227 e. The second kappa shape index (κ2) is 6.37. The van der Waals surface area contributed by atoms with E-state index >= 15 is 0 Å². The van der Waals surface area contributed by atoms with E-state index in [0.29, 0.717) is 25.4 Å². The fourth-order valence-corrected chi connectivity index (χ4v) is 2.44. The maximum atomic E-state index is 12.1. The minimum absolute atomic E-state index is 0.113. The first kappa shape index (κ1) is 14.3. The van der Waals surface area contributed by atoms with E-state index in [0.717, 1.165) is 38.8 Å². The summed E-state index contributed by atoms with van der Waals surface area (Å²) >= 11 is 0. The first-order chi connectivity index (χ1) is 9.10. The molecular weight excluding hydrogens is 242 g/mol. The Labute approximate surface area is 114 Å². The molecule has 0 spiro atoms. The van der Waals surface area contributed by atoms with Crippen LogP contribution >= 0.6 is 0 Å². The molecule has 0 aromatic rings. The van der Waals surface area contributed by atoms with E-state index in [1.54, 1.807) is 0 Å². The highest BCUT2D eigenvalue weighted by molar-refractivity contribution is 5.82. The molecule has 1 aliphatic carbocycles. The van der Waals surface area contributed by atoms with Crippen LogP contribution in [0.15, 0.2) is 0 Å². The Balaban J connectivity index is 1.59. The predicted octanol–water partition coefficient (Wildman–Crippen LogP) is 0.551. The zero-order valence-electron chi connectivity index (χ0n) is 11.8. The zero-order chi connectivity index (χ0) is 13.7. The molecule has 1 heterocycles. The number of hydrogen-bond acceptors (Lipinski definition) is 3. The van der Waals surface area contributed by atoms with Gasteiger partial charge in [0.25, 0.3) is 0 Å². The highest BCUT2D eigenvalue weighted by Crippen LogP contribution is 2.25. The van der Waals surface area contributed by atoms with E-state index in [1.807, 2.05) is 6.92 Å². The van der Waals surface area contributed by atoms with Crippen LogP contribution < -0.4 is 16.0 Å². The normalized spacial score (nSPS) is 26.8. The summed E-state index contributed by atoms with van der Waals surface area (Å²) in [6.07, 6.45) is 5.45. The lowest BCUT2D eigenvalue weighted by atomic mass is 9.82. The van der Waals surface area contributed by atoms with Gasteiger partial charge in [-0.1, -0.05) is 0 Å². The summed E-state index contributed by atoms with van der Waals surface area (Å²) in [7, 11) is 0. The molecule has 2 fully saturated rings. The van der Waals surface area contributed by atoms with E-state index in [9.17, 15) is 9.59 Å². The number of hydrogen-bond donors (Lipinski definition) is 3. The largest absolute Gasteiger partial charge is 0.356 e. The molecule has 3 N–H and O–H groups in total. The van der Waals surface area contributed by atoms with Crippen LogP contribution in [-0.2, 0) is 9.59 Å². The van der Waals surface area contributed by atoms with Crippen molar-refractivity contribution >= 4 is 11.8 Å². The molecule has 1 unspecified atom stereocenters. The van der Waals surface area contributed by atoms with Gasteiger partial charge < -0.3 is 16.0 Å². The molecule has 1 aliphatic heterocycles. The van der Waals surface area contributed by atoms with Gasteiger partial charge in [-0.05, 0) is 45.6 Å². The molecule has 1 saturated heterocycles. The van der Waals surface area contributed by atoms with Crippen LogP contribution in [0.5, 0.6) is 0 Å². The van der Waals surface area contributed by atoms with E-state index in [4.69, 9.17) is 0 Å². The quantitative estimate of drug-likeness (QED) is 0.616. The van der Waals surface area contributed by atoms with Gasteiger partial charge in [-0.25, -0.2) is 0 Å². The molecular formula is C14H25N3O2. The van der Waals surface area contributed by atoms with Gasteiger partial charge in [-0.2, -0.15) is 0 Å². The SMILES string of the molecule is CC1(C(=O)NCCCC(=O)NC2CC2)CCCNC1. The molecule has 5 heteroatoms. The van der Waals surface area contributed by atoms with E-state index < -0.39 is 0 Å². The standard InChI is InChI=1S/C14H25N3O2/c1-14(7-3-8-15-10-14)13(19)16-9-2-4-12(18)17-11-5-6-11/h11,15H,2-10H2,1H3,(H,16,19)(H,17,18). The fourth-order valence-electron chi connectivity index (χ4n) is 2.44. The van der Waals surface area contributed by atoms with Gasteiger partial charge in [0.2, 0.25) is 11.8 Å². The topological polar surface area (TPSA) is 70.2 Å². The summed E-state index contributed by atoms with van der Waals surface area (Å²) < 4.78 is 0. The molecule has 19 heavy (non-hydrogen) atoms. The first-order valence-corrected chi connectivity index (χ1v) is 7.38. The van der Waals surface area contributed by atoms with Crippen LogP contribution in [0.4, 0.5) is 0 Å². The molecule has 2 amide bonds. The average Bonchev–Trinajstić information content (AvgIpc) is 3.19. The maximum Gasteiger partial charge on any atom is 0.227 e. The van der Waals surface area contributed by atoms with Gasteiger partial charge in [-0.3, -0.25) is 9.59 Å². The third kappa shape index (κ3) is 4.49. The third-order valence-corrected chi connectivity index (χ3v) is 3.95. The van der Waals surface area contributed by atoms with Crippen molar-refractivity contribution < 1.29 is 9.59 Å². The number of carbonyl (C=O) groups excluding carboxylic acids is 2. The van der Waals surface area contributed by atoms with Crippen LogP contribution in [-0.4, -0.2) is 37.5 Å². The van der Waals surface area contributed by atoms with Crippen molar-refractivity contribution in [2.45, 2.75) is 51.5 Å². The van der Waals surface area contributed by atoms with Crippen LogP contribution in [0.3, 0.4) is 0 Å². The lowest BCUT2D eigenvalue weighted by molar-refractivity contribution is -0.131. The third-order valence-electron chi connectivity index (χ3n) is 3.95. The number of rotatable bonds is 6. The van der Waals surface area contributed by atoms with Crippen molar-refractivity contribution in [2.75, 3.05) is 19.6 Å². The molecule has 5 nitrogen and oxygen atoms in total. The monoisotopic (exact) mass is 267 g/mol. The van der Waals surface area contributed by atoms with Crippen LogP contribution in [0.2, 0.25) is 0 Å². The fraction of sp³-hybridized carbons (Fsp3) is 0.857. The molecule has 2 rings (SSSR count). The Morgan fingerprint density at radius 1 is 1.37 bits per heavy atom. The summed E-state index contributed by atoms with van der Waals surface area (Å²) in [6, 6.07) is 0.425. The minimum atomic E-state index is -0.283. The molecule has 0 aromatic heterocycles. The molecule has 0 bridgehead atoms. The highest BCUT2D eigenvalue weighted by Gasteiger charge is 2.34. The van der Waals surface area contributed by atoms with Gasteiger partial charge in [0.1, 0.15) is 0 Å². The number of piperidine rings is 1. The number of amides is 2. The van der Waals surface area contributed by atoms with Gasteiger partial charge >= 0.3 is 0 Å². The van der Waals surface area contributed by atoms with Crippen molar-refractivity contribution in [3.63, 3.8) is 0 Å². The number of carbonyl (C=O) groups is 2. The number of nitrogens with one attached hydrogen (secondary N) is 3. The van der Waals surface area contributed by atoms with Crippen molar-refractivity contribution in [3.8, 4) is 0 Å². The molecule has 1 atom stereocenters. The molecule has 0 aromatic carbocycles. The highest BCUT2D eigenvalue weighted by atomic mass is 16.2. The Bertz CT molecular complexity index is 334. The first-order valence-electron chi connectivity index (χ1n) is 7.38. The summed E-state index contributed by atoms with van der Waals surface area (Å²) in [6.45, 7) is 4.35. The van der Waals surface area contributed by atoms with Crippen molar-refractivity contribution in [3.05, 3.63) is 0 Å². The Morgan fingerprint density at radius 3 is 2.79 bits per heavy atom. The Hall–Kier alpha value is -1.10. The Morgan fingerprint density at radius 2 is 2.16 bits per heavy atom. The second-order valence-electron chi connectivity index (χ2n) is 6.04. The minimum Gasteiger partial charge on any atom is -0.356 e. The second-order valence-corrected chi connectivity index (χ2v) is 6.04. The van der Waals surface area contributed by atoms with E-state index in [1.165, 1.54) is 0 Å². The Kier molecular flexibility index (Phi) is 4.80. The average molecular weight is 267 g/mol. The van der Waals surface area contributed by atoms with Crippen molar-refractivity contribution in [1.82, 2.24) is 16.0 Å². The summed E-state index contributed by atoms with van der Waals surface area (Å²) in [5.74, 6) is 0.226. The lowest BCUT2D eigenvalue weighted by Crippen LogP contribution is -2.48. The van der Waals surface area contributed by atoms with E-state index in [2.05, 4.69) is 16.0 Å². The zero-order valence-corrected chi connectivity index (χ0v) is 11.8. The molecule has 0 radical (unpaired) electrons. The van der Waals surface area contributed by atoms with Crippen molar-refractivity contribution in [1.29, 1.82) is 0 Å². The lowest BCUT2D eigenvalue weighted by Gasteiger charge is -2.32. The van der Waals surface area contributed by atoms with Gasteiger partial charge in [0.05, 0.1) is 5.41 Å².